The predicted octanol–water partition coefficient (Wildman–Crippen LogP) is 4.97. The molecule has 0 aliphatic carbocycles. The van der Waals surface area contributed by atoms with Crippen molar-refractivity contribution in [3.8, 4) is 0 Å². The maximum absolute atomic E-state index is 12.5. The van der Waals surface area contributed by atoms with Gasteiger partial charge in [0.25, 0.3) is 15.9 Å². The van der Waals surface area contributed by atoms with Crippen molar-refractivity contribution >= 4 is 45.0 Å². The first-order valence-corrected chi connectivity index (χ1v) is 12.0. The molecular weight excluding hydrogens is 440 g/mol. The summed E-state index contributed by atoms with van der Waals surface area (Å²) in [6, 6.07) is 20.5. The summed E-state index contributed by atoms with van der Waals surface area (Å²) >= 11 is 7.48. The molecule has 0 aliphatic rings. The lowest BCUT2D eigenvalue weighted by Crippen LogP contribution is -2.25. The first-order chi connectivity index (χ1) is 14.3. The van der Waals surface area contributed by atoms with Gasteiger partial charge in [0.1, 0.15) is 0 Å². The minimum Gasteiger partial charge on any atom is -0.351 e. The highest BCUT2D eigenvalue weighted by Crippen LogP contribution is 2.20. The third-order valence-corrected chi connectivity index (χ3v) is 6.84. The third-order valence-electron chi connectivity index (χ3n) is 4.18. The Hall–Kier alpha value is -2.48. The van der Waals surface area contributed by atoms with Crippen LogP contribution in [0.25, 0.3) is 0 Å². The molecule has 0 heterocycles. The molecule has 3 aromatic rings. The minimum atomic E-state index is -3.72. The molecule has 0 aliphatic heterocycles. The third kappa shape index (κ3) is 6.26. The van der Waals surface area contributed by atoms with Crippen LogP contribution in [-0.2, 0) is 10.0 Å². The second kappa shape index (κ2) is 10.0. The second-order valence-corrected chi connectivity index (χ2v) is 9.84. The Kier molecular flexibility index (Phi) is 7.42. The van der Waals surface area contributed by atoms with E-state index in [1.807, 2.05) is 31.2 Å². The maximum Gasteiger partial charge on any atom is 0.261 e. The Morgan fingerprint density at radius 2 is 1.70 bits per heavy atom. The number of rotatable bonds is 8. The highest BCUT2D eigenvalue weighted by atomic mass is 35.5. The van der Waals surface area contributed by atoms with Crippen molar-refractivity contribution in [2.75, 3.05) is 17.0 Å². The number of halogens is 1. The van der Waals surface area contributed by atoms with Crippen molar-refractivity contribution in [2.24, 2.45) is 0 Å². The number of benzene rings is 3. The van der Waals surface area contributed by atoms with Gasteiger partial charge in [-0.15, -0.1) is 11.8 Å². The van der Waals surface area contributed by atoms with Crippen molar-refractivity contribution in [2.45, 2.75) is 16.7 Å². The molecule has 3 aromatic carbocycles. The molecule has 0 atom stereocenters. The first kappa shape index (κ1) is 22.2. The Morgan fingerprint density at radius 3 is 2.40 bits per heavy atom. The molecule has 0 saturated heterocycles. The smallest absolute Gasteiger partial charge is 0.261 e. The summed E-state index contributed by atoms with van der Waals surface area (Å²) in [6.07, 6.45) is 0. The highest BCUT2D eigenvalue weighted by Gasteiger charge is 2.15. The van der Waals surface area contributed by atoms with Gasteiger partial charge in [-0.2, -0.15) is 0 Å². The molecule has 0 aromatic heterocycles. The molecule has 0 fully saturated rings. The second-order valence-electron chi connectivity index (χ2n) is 6.56. The van der Waals surface area contributed by atoms with Crippen LogP contribution in [-0.4, -0.2) is 26.6 Å². The van der Waals surface area contributed by atoms with E-state index in [0.29, 0.717) is 28.6 Å². The van der Waals surface area contributed by atoms with Crippen molar-refractivity contribution in [1.29, 1.82) is 0 Å². The number of carbonyl (C=O) groups excluding carboxylic acids is 1. The number of anilines is 1. The van der Waals surface area contributed by atoms with E-state index in [4.69, 9.17) is 11.6 Å². The van der Waals surface area contributed by atoms with Crippen molar-refractivity contribution < 1.29 is 13.2 Å². The van der Waals surface area contributed by atoms with E-state index in [1.54, 1.807) is 54.2 Å². The number of aryl methyl sites for hydroxylation is 1. The molecule has 156 valence electrons. The highest BCUT2D eigenvalue weighted by molar-refractivity contribution is 7.99. The summed E-state index contributed by atoms with van der Waals surface area (Å²) in [5.41, 5.74) is 1.69. The van der Waals surface area contributed by atoms with E-state index in [2.05, 4.69) is 10.0 Å². The maximum atomic E-state index is 12.5. The molecule has 0 bridgehead atoms. The Bertz CT molecular complexity index is 1120. The van der Waals surface area contributed by atoms with Gasteiger partial charge in [0, 0.05) is 33.5 Å². The first-order valence-electron chi connectivity index (χ1n) is 9.20. The fraction of sp³-hybridized carbons (Fsp3) is 0.136. The summed E-state index contributed by atoms with van der Waals surface area (Å²) in [7, 11) is -3.72. The van der Waals surface area contributed by atoms with Gasteiger partial charge in [-0.05, 0) is 61.5 Å². The van der Waals surface area contributed by atoms with Gasteiger partial charge in [-0.3, -0.25) is 9.52 Å². The molecule has 0 radical (unpaired) electrons. The van der Waals surface area contributed by atoms with Crippen LogP contribution in [0.1, 0.15) is 15.9 Å². The molecule has 0 saturated carbocycles. The van der Waals surface area contributed by atoms with Gasteiger partial charge in [0.2, 0.25) is 0 Å². The summed E-state index contributed by atoms with van der Waals surface area (Å²) in [5, 5.41) is 3.53. The van der Waals surface area contributed by atoms with E-state index in [1.165, 1.54) is 6.07 Å². The Labute approximate surface area is 185 Å². The standard InChI is InChI=1S/C22H21ClN2O3S2/c1-16-5-11-21(12-6-16)30(27,28)25-19-4-2-3-17(15-19)22(26)24-13-14-29-20-9-7-18(23)8-10-20/h2-12,15,25H,13-14H2,1H3,(H,24,26). The zero-order chi connectivity index (χ0) is 21.6. The quantitative estimate of drug-likeness (QED) is 0.367. The minimum absolute atomic E-state index is 0.169. The van der Waals surface area contributed by atoms with Crippen molar-refractivity contribution in [3.63, 3.8) is 0 Å². The van der Waals surface area contributed by atoms with Crippen LogP contribution in [0.4, 0.5) is 5.69 Å². The molecule has 30 heavy (non-hydrogen) atoms. The van der Waals surface area contributed by atoms with E-state index < -0.39 is 10.0 Å². The van der Waals surface area contributed by atoms with Crippen LogP contribution >= 0.6 is 23.4 Å². The van der Waals surface area contributed by atoms with Gasteiger partial charge < -0.3 is 5.32 Å². The molecule has 3 rings (SSSR count). The number of thioether (sulfide) groups is 1. The number of amides is 1. The lowest BCUT2D eigenvalue weighted by atomic mass is 10.2. The Morgan fingerprint density at radius 1 is 1.00 bits per heavy atom. The fourth-order valence-corrected chi connectivity index (χ4v) is 4.57. The van der Waals surface area contributed by atoms with E-state index in [-0.39, 0.29) is 10.8 Å². The van der Waals surface area contributed by atoms with Gasteiger partial charge in [-0.25, -0.2) is 8.42 Å². The summed E-state index contributed by atoms with van der Waals surface area (Å²) < 4.78 is 27.6. The van der Waals surface area contributed by atoms with Crippen LogP contribution < -0.4 is 10.0 Å². The monoisotopic (exact) mass is 460 g/mol. The summed E-state index contributed by atoms with van der Waals surface area (Å²) in [6.45, 7) is 2.37. The molecule has 0 unspecified atom stereocenters. The van der Waals surface area contributed by atoms with Gasteiger partial charge in [0.15, 0.2) is 0 Å². The van der Waals surface area contributed by atoms with Gasteiger partial charge in [-0.1, -0.05) is 35.4 Å². The fourth-order valence-electron chi connectivity index (χ4n) is 2.62. The molecule has 1 amide bonds. The van der Waals surface area contributed by atoms with Crippen LogP contribution in [0.2, 0.25) is 5.02 Å². The number of hydrogen-bond donors (Lipinski definition) is 2. The number of carbonyl (C=O) groups is 1. The molecule has 8 heteroatoms. The number of sulfonamides is 1. The number of hydrogen-bond acceptors (Lipinski definition) is 4. The van der Waals surface area contributed by atoms with Gasteiger partial charge >= 0.3 is 0 Å². The zero-order valence-electron chi connectivity index (χ0n) is 16.3. The van der Waals surface area contributed by atoms with Crippen LogP contribution in [0.5, 0.6) is 0 Å². The number of nitrogens with one attached hydrogen (secondary N) is 2. The van der Waals surface area contributed by atoms with E-state index in [0.717, 1.165) is 10.5 Å². The zero-order valence-corrected chi connectivity index (χ0v) is 18.7. The van der Waals surface area contributed by atoms with Crippen LogP contribution in [0, 0.1) is 6.92 Å². The topological polar surface area (TPSA) is 75.3 Å². The molecule has 0 spiro atoms. The average molecular weight is 461 g/mol. The van der Waals surface area contributed by atoms with Crippen LogP contribution in [0.3, 0.4) is 0 Å². The largest absolute Gasteiger partial charge is 0.351 e. The molecule has 2 N–H and O–H groups in total. The Balaban J connectivity index is 1.56. The van der Waals surface area contributed by atoms with E-state index >= 15 is 0 Å². The lowest BCUT2D eigenvalue weighted by Gasteiger charge is -2.10. The summed E-state index contributed by atoms with van der Waals surface area (Å²) in [5.74, 6) is 0.440. The lowest BCUT2D eigenvalue weighted by molar-refractivity contribution is 0.0956. The van der Waals surface area contributed by atoms with Crippen molar-refractivity contribution in [3.05, 3.63) is 88.9 Å². The predicted molar refractivity (Wildman–Crippen MR) is 123 cm³/mol. The van der Waals surface area contributed by atoms with Crippen molar-refractivity contribution in [1.82, 2.24) is 5.32 Å². The van der Waals surface area contributed by atoms with Gasteiger partial charge in [0.05, 0.1) is 4.90 Å². The van der Waals surface area contributed by atoms with E-state index in [9.17, 15) is 13.2 Å². The molecular formula is C22H21ClN2O3S2. The SMILES string of the molecule is Cc1ccc(S(=O)(=O)Nc2cccc(C(=O)NCCSc3ccc(Cl)cc3)c2)cc1. The normalized spacial score (nSPS) is 11.1. The summed E-state index contributed by atoms with van der Waals surface area (Å²) in [4.78, 5) is 13.7. The van der Waals surface area contributed by atoms with Crippen LogP contribution in [0.15, 0.2) is 82.6 Å². The average Bonchev–Trinajstić information content (AvgIpc) is 2.72. The molecule has 5 nitrogen and oxygen atoms in total.